The molecule has 0 aromatic heterocycles. The van der Waals surface area contributed by atoms with Gasteiger partial charge in [0.2, 0.25) is 0 Å². The van der Waals surface area contributed by atoms with Crippen LogP contribution in [0, 0.1) is 0 Å². The summed E-state index contributed by atoms with van der Waals surface area (Å²) in [7, 11) is 0. The van der Waals surface area contributed by atoms with Crippen molar-refractivity contribution in [1.82, 2.24) is 0 Å². The van der Waals surface area contributed by atoms with E-state index >= 15 is 0 Å². The molecule has 0 unspecified atom stereocenters. The van der Waals surface area contributed by atoms with E-state index in [1.54, 1.807) is 0 Å². The predicted octanol–water partition coefficient (Wildman–Crippen LogP) is -1.36. The summed E-state index contributed by atoms with van der Waals surface area (Å²) in [5, 5.41) is 16.7. The summed E-state index contributed by atoms with van der Waals surface area (Å²) in [4.78, 5) is 0. The van der Waals surface area contributed by atoms with Gasteiger partial charge in [0.15, 0.2) is 0 Å². The molecule has 0 fully saturated rings. The zero-order valence-electron chi connectivity index (χ0n) is 8.78. The molecule has 0 spiro atoms. The third-order valence-corrected chi connectivity index (χ3v) is 1.22. The Morgan fingerprint density at radius 2 is 0.857 bits per heavy atom. The molecule has 0 aromatic rings. The molecule has 0 saturated carbocycles. The molecule has 6 heteroatoms. The zero-order valence-corrected chi connectivity index (χ0v) is 10.8. The molecule has 0 aromatic carbocycles. The molecule has 81 valence electrons. The predicted molar refractivity (Wildman–Crippen MR) is 52.4 cm³/mol. The van der Waals surface area contributed by atoms with Gasteiger partial charge in [-0.15, -0.1) is 0 Å². The largest absolute Gasteiger partial charge is 0.394 e. The first-order chi connectivity index (χ1) is 6.41. The van der Waals surface area contributed by atoms with Gasteiger partial charge in [-0.25, -0.2) is 0 Å². The van der Waals surface area contributed by atoms with E-state index in [-0.39, 0.29) is 42.8 Å². The number of rotatable bonds is 10. The summed E-state index contributed by atoms with van der Waals surface area (Å²) in [6.45, 7) is 2.76. The van der Waals surface area contributed by atoms with Crippen LogP contribution in [-0.4, -0.2) is 92.6 Å². The van der Waals surface area contributed by atoms with Gasteiger partial charge in [0, 0.05) is 29.6 Å². The van der Waals surface area contributed by atoms with Crippen LogP contribution in [0.25, 0.3) is 0 Å². The van der Waals surface area contributed by atoms with Crippen molar-refractivity contribution >= 4 is 29.6 Å². The van der Waals surface area contributed by atoms with Crippen LogP contribution in [0.15, 0.2) is 0 Å². The molecule has 0 saturated heterocycles. The Kier molecular flexibility index (Phi) is 20.0. The van der Waals surface area contributed by atoms with E-state index in [1.165, 1.54) is 0 Å². The second-order valence-electron chi connectivity index (χ2n) is 2.28. The summed E-state index contributed by atoms with van der Waals surface area (Å²) in [5.41, 5.74) is 0. The number of ether oxygens (including phenoxy) is 3. The first-order valence-electron chi connectivity index (χ1n) is 4.36. The molecule has 0 rings (SSSR count). The Balaban J connectivity index is 0. The van der Waals surface area contributed by atoms with Gasteiger partial charge in [-0.1, -0.05) is 0 Å². The number of hydrogen-bond donors (Lipinski definition) is 2. The Labute approximate surface area is 107 Å². The monoisotopic (exact) mass is 217 g/mol. The van der Waals surface area contributed by atoms with Crippen LogP contribution in [0.2, 0.25) is 0 Å². The summed E-state index contributed by atoms with van der Waals surface area (Å²) >= 11 is 0. The first kappa shape index (κ1) is 17.2. The van der Waals surface area contributed by atoms with Gasteiger partial charge in [-0.05, 0) is 0 Å². The molecule has 14 heavy (non-hydrogen) atoms. The third kappa shape index (κ3) is 15.3. The maximum absolute atomic E-state index is 8.36. The molecule has 5 nitrogen and oxygen atoms in total. The number of hydrogen-bond acceptors (Lipinski definition) is 5. The molecule has 0 aliphatic rings. The van der Waals surface area contributed by atoms with Crippen molar-refractivity contribution in [2.75, 3.05) is 52.9 Å². The Hall–Kier alpha value is 0.800. The fraction of sp³-hybridized carbons (Fsp3) is 1.00. The van der Waals surface area contributed by atoms with Gasteiger partial charge in [0.05, 0.1) is 52.9 Å². The molecular weight excluding hydrogens is 199 g/mol. The van der Waals surface area contributed by atoms with Gasteiger partial charge in [0.25, 0.3) is 0 Å². The van der Waals surface area contributed by atoms with Crippen LogP contribution in [-0.2, 0) is 14.2 Å². The second-order valence-corrected chi connectivity index (χ2v) is 2.28. The van der Waals surface area contributed by atoms with Crippen molar-refractivity contribution in [3.05, 3.63) is 0 Å². The first-order valence-corrected chi connectivity index (χ1v) is 4.36. The molecule has 0 bridgehead atoms. The van der Waals surface area contributed by atoms with Gasteiger partial charge < -0.3 is 24.4 Å². The van der Waals surface area contributed by atoms with Gasteiger partial charge in [0.1, 0.15) is 0 Å². The van der Waals surface area contributed by atoms with E-state index in [9.17, 15) is 0 Å². The van der Waals surface area contributed by atoms with E-state index in [4.69, 9.17) is 24.4 Å². The fourth-order valence-corrected chi connectivity index (χ4v) is 0.671. The number of aliphatic hydroxyl groups is 2. The summed E-state index contributed by atoms with van der Waals surface area (Å²) in [5.74, 6) is 0. The van der Waals surface area contributed by atoms with E-state index in [0.29, 0.717) is 39.6 Å². The van der Waals surface area contributed by atoms with Crippen molar-refractivity contribution in [3.63, 3.8) is 0 Å². The van der Waals surface area contributed by atoms with Crippen LogP contribution in [0.5, 0.6) is 0 Å². The summed E-state index contributed by atoms with van der Waals surface area (Å²) in [6.07, 6.45) is 0. The molecule has 0 heterocycles. The molecule has 0 aliphatic carbocycles. The van der Waals surface area contributed by atoms with Crippen molar-refractivity contribution in [3.8, 4) is 0 Å². The van der Waals surface area contributed by atoms with Crippen LogP contribution in [0.3, 0.4) is 0 Å². The smallest absolute Gasteiger partial charge is 0.0701 e. The van der Waals surface area contributed by atoms with Gasteiger partial charge in [-0.3, -0.25) is 0 Å². The Morgan fingerprint density at radius 1 is 0.571 bits per heavy atom. The average Bonchev–Trinajstić information content (AvgIpc) is 2.16. The minimum atomic E-state index is 0. The van der Waals surface area contributed by atoms with Crippen molar-refractivity contribution in [2.45, 2.75) is 0 Å². The summed E-state index contributed by atoms with van der Waals surface area (Å²) in [6, 6.07) is 0. The standard InChI is InChI=1S/C8H18O5.Na/c9-1-3-11-5-7-13-8-6-12-4-2-10;/h9-10H,1-8H2;. The number of aliphatic hydroxyl groups excluding tert-OH is 2. The van der Waals surface area contributed by atoms with Crippen molar-refractivity contribution in [1.29, 1.82) is 0 Å². The maximum Gasteiger partial charge on any atom is 0.0701 e. The quantitative estimate of drug-likeness (QED) is 0.349. The molecule has 0 aliphatic heterocycles. The van der Waals surface area contributed by atoms with E-state index in [1.807, 2.05) is 0 Å². The molecular formula is C8H18NaO5. The van der Waals surface area contributed by atoms with E-state index in [2.05, 4.69) is 0 Å². The molecule has 1 radical (unpaired) electrons. The van der Waals surface area contributed by atoms with Crippen LogP contribution >= 0.6 is 0 Å². The van der Waals surface area contributed by atoms with E-state index < -0.39 is 0 Å². The molecule has 0 amide bonds. The van der Waals surface area contributed by atoms with Crippen LogP contribution < -0.4 is 0 Å². The Bertz CT molecular complexity index is 83.8. The fourth-order valence-electron chi connectivity index (χ4n) is 0.671. The average molecular weight is 217 g/mol. The molecule has 2 N–H and O–H groups in total. The van der Waals surface area contributed by atoms with Crippen LogP contribution in [0.1, 0.15) is 0 Å². The minimum absolute atomic E-state index is 0. The Morgan fingerprint density at radius 3 is 1.14 bits per heavy atom. The van der Waals surface area contributed by atoms with Crippen molar-refractivity contribution < 1.29 is 24.4 Å². The van der Waals surface area contributed by atoms with E-state index in [0.717, 1.165) is 0 Å². The topological polar surface area (TPSA) is 68.2 Å². The second kappa shape index (κ2) is 16.2. The minimum Gasteiger partial charge on any atom is -0.394 e. The third-order valence-electron chi connectivity index (χ3n) is 1.22. The zero-order chi connectivity index (χ0) is 9.78. The molecule has 0 atom stereocenters. The maximum atomic E-state index is 8.36. The summed E-state index contributed by atoms with van der Waals surface area (Å²) < 4.78 is 15.0. The van der Waals surface area contributed by atoms with Crippen LogP contribution in [0.4, 0.5) is 0 Å². The van der Waals surface area contributed by atoms with Gasteiger partial charge >= 0.3 is 0 Å². The SMILES string of the molecule is OCCOCCOCCOCCO.[Na]. The van der Waals surface area contributed by atoms with Crippen molar-refractivity contribution in [2.24, 2.45) is 0 Å². The normalized spacial score (nSPS) is 9.86. The van der Waals surface area contributed by atoms with Gasteiger partial charge in [-0.2, -0.15) is 0 Å².